The van der Waals surface area contributed by atoms with E-state index in [1.807, 2.05) is 6.07 Å². The summed E-state index contributed by atoms with van der Waals surface area (Å²) in [5.74, 6) is 0. The Kier molecular flexibility index (Phi) is 3.35. The van der Waals surface area contributed by atoms with Crippen LogP contribution in [0.15, 0.2) is 18.2 Å². The molecule has 0 bridgehead atoms. The maximum Gasteiger partial charge on any atom is 0.0777 e. The molecule has 18 heavy (non-hydrogen) atoms. The first-order valence-electron chi connectivity index (χ1n) is 6.82. The second-order valence-electron chi connectivity index (χ2n) is 5.61. The number of piperidine rings is 1. The Hall–Kier alpha value is -0.570. The van der Waals surface area contributed by atoms with E-state index in [9.17, 15) is 0 Å². The molecule has 2 nitrogen and oxygen atoms in total. The number of benzene rings is 1. The fraction of sp³-hybridized carbons (Fsp3) is 0.600. The van der Waals surface area contributed by atoms with E-state index in [-0.39, 0.29) is 0 Å². The Bertz CT molecular complexity index is 446. The van der Waals surface area contributed by atoms with Gasteiger partial charge in [-0.3, -0.25) is 4.90 Å². The molecule has 0 aliphatic carbocycles. The molecule has 1 aromatic rings. The molecule has 3 heteroatoms. The molecule has 2 heterocycles. The third kappa shape index (κ3) is 2.07. The molecule has 0 saturated carbocycles. The largest absolute Gasteiger partial charge is 0.372 e. The molecule has 3 rings (SSSR count). The van der Waals surface area contributed by atoms with Gasteiger partial charge < -0.3 is 4.74 Å². The van der Waals surface area contributed by atoms with Gasteiger partial charge in [0, 0.05) is 11.1 Å². The van der Waals surface area contributed by atoms with E-state index in [4.69, 9.17) is 16.3 Å². The van der Waals surface area contributed by atoms with Crippen LogP contribution in [0.4, 0.5) is 0 Å². The Morgan fingerprint density at radius 1 is 1.39 bits per heavy atom. The zero-order valence-corrected chi connectivity index (χ0v) is 11.8. The fourth-order valence-corrected chi connectivity index (χ4v) is 3.50. The molecule has 2 unspecified atom stereocenters. The lowest BCUT2D eigenvalue weighted by Gasteiger charge is -2.46. The number of nitrogens with zero attached hydrogens (tertiary/aromatic N) is 1. The van der Waals surface area contributed by atoms with Gasteiger partial charge in [-0.2, -0.15) is 0 Å². The second kappa shape index (κ2) is 4.84. The third-order valence-electron chi connectivity index (χ3n) is 4.15. The van der Waals surface area contributed by atoms with E-state index in [0.717, 1.165) is 5.02 Å². The lowest BCUT2D eigenvalue weighted by molar-refractivity contribution is -0.0753. The van der Waals surface area contributed by atoms with E-state index in [1.165, 1.54) is 30.5 Å². The Balaban J connectivity index is 2.01. The first-order chi connectivity index (χ1) is 8.66. The summed E-state index contributed by atoms with van der Waals surface area (Å²) in [5, 5.41) is 0.808. The average Bonchev–Trinajstić information content (AvgIpc) is 2.37. The van der Waals surface area contributed by atoms with Crippen LogP contribution >= 0.6 is 11.6 Å². The predicted octanol–water partition coefficient (Wildman–Crippen LogP) is 3.78. The summed E-state index contributed by atoms with van der Waals surface area (Å²) in [6.07, 6.45) is 2.77. The quantitative estimate of drug-likeness (QED) is 0.766. The minimum atomic E-state index is 0.356. The first kappa shape index (κ1) is 12.5. The summed E-state index contributed by atoms with van der Waals surface area (Å²) in [5.41, 5.74) is 2.68. The van der Waals surface area contributed by atoms with Gasteiger partial charge in [0.05, 0.1) is 18.8 Å². The monoisotopic (exact) mass is 265 g/mol. The van der Waals surface area contributed by atoms with Gasteiger partial charge in [0.25, 0.3) is 0 Å². The molecule has 1 saturated heterocycles. The van der Waals surface area contributed by atoms with Crippen LogP contribution in [0.2, 0.25) is 5.02 Å². The molecule has 0 radical (unpaired) electrons. The first-order valence-corrected chi connectivity index (χ1v) is 7.20. The van der Waals surface area contributed by atoms with E-state index in [1.54, 1.807) is 0 Å². The summed E-state index contributed by atoms with van der Waals surface area (Å²) in [4.78, 5) is 2.57. The molecule has 2 aliphatic heterocycles. The average molecular weight is 266 g/mol. The van der Waals surface area contributed by atoms with Crippen molar-refractivity contribution in [2.75, 3.05) is 6.54 Å². The molecule has 98 valence electrons. The standard InChI is InChI=1S/C15H20ClNO/c1-10(2)17-7-3-4-14-15(17)13-6-5-12(16)8-11(13)9-18-14/h5-6,8,10,14-15H,3-4,7,9H2,1-2H3. The van der Waals surface area contributed by atoms with E-state index >= 15 is 0 Å². The van der Waals surface area contributed by atoms with E-state index in [2.05, 4.69) is 30.9 Å². The molecule has 0 N–H and O–H groups in total. The van der Waals surface area contributed by atoms with Gasteiger partial charge in [-0.1, -0.05) is 17.7 Å². The maximum atomic E-state index is 6.08. The fourth-order valence-electron chi connectivity index (χ4n) is 3.30. The van der Waals surface area contributed by atoms with Crippen molar-refractivity contribution in [1.82, 2.24) is 4.90 Å². The highest BCUT2D eigenvalue weighted by molar-refractivity contribution is 6.30. The van der Waals surface area contributed by atoms with Gasteiger partial charge in [0.2, 0.25) is 0 Å². The molecule has 2 atom stereocenters. The highest BCUT2D eigenvalue weighted by Crippen LogP contribution is 2.40. The van der Waals surface area contributed by atoms with E-state index in [0.29, 0.717) is 24.8 Å². The zero-order chi connectivity index (χ0) is 12.7. The summed E-state index contributed by atoms with van der Waals surface area (Å²) < 4.78 is 6.04. The highest BCUT2D eigenvalue weighted by atomic mass is 35.5. The van der Waals surface area contributed by atoms with Crippen molar-refractivity contribution in [3.63, 3.8) is 0 Å². The molecule has 0 amide bonds. The Morgan fingerprint density at radius 3 is 3.00 bits per heavy atom. The predicted molar refractivity (Wildman–Crippen MR) is 73.8 cm³/mol. The molecular formula is C15H20ClNO. The van der Waals surface area contributed by atoms with Crippen molar-refractivity contribution in [2.45, 2.75) is 51.5 Å². The summed E-state index contributed by atoms with van der Waals surface area (Å²) in [6, 6.07) is 7.23. The van der Waals surface area contributed by atoms with Crippen molar-refractivity contribution < 1.29 is 4.74 Å². The molecule has 1 aromatic carbocycles. The van der Waals surface area contributed by atoms with Gasteiger partial charge >= 0.3 is 0 Å². The number of fused-ring (bicyclic) bond motifs is 3. The van der Waals surface area contributed by atoms with E-state index < -0.39 is 0 Å². The molecule has 0 spiro atoms. The molecular weight excluding hydrogens is 246 g/mol. The Morgan fingerprint density at radius 2 is 2.22 bits per heavy atom. The smallest absolute Gasteiger partial charge is 0.0777 e. The maximum absolute atomic E-state index is 6.08. The number of rotatable bonds is 1. The second-order valence-corrected chi connectivity index (χ2v) is 6.05. The Labute approximate surface area is 114 Å². The number of likely N-dealkylation sites (tertiary alicyclic amines) is 1. The number of hydrogen-bond acceptors (Lipinski definition) is 2. The molecule has 1 fully saturated rings. The van der Waals surface area contributed by atoms with Gasteiger partial charge in [0.15, 0.2) is 0 Å². The molecule has 0 aromatic heterocycles. The van der Waals surface area contributed by atoms with Gasteiger partial charge in [-0.25, -0.2) is 0 Å². The van der Waals surface area contributed by atoms with Crippen LogP contribution < -0.4 is 0 Å². The van der Waals surface area contributed by atoms with Crippen LogP contribution in [-0.4, -0.2) is 23.6 Å². The zero-order valence-electron chi connectivity index (χ0n) is 11.0. The number of ether oxygens (including phenoxy) is 1. The molecule has 2 aliphatic rings. The summed E-state index contributed by atoms with van der Waals surface area (Å²) in [7, 11) is 0. The summed E-state index contributed by atoms with van der Waals surface area (Å²) >= 11 is 6.08. The topological polar surface area (TPSA) is 12.5 Å². The highest BCUT2D eigenvalue weighted by Gasteiger charge is 2.38. The SMILES string of the molecule is CC(C)N1CCCC2OCc3cc(Cl)ccc3C21. The normalized spacial score (nSPS) is 28.0. The minimum absolute atomic E-state index is 0.356. The van der Waals surface area contributed by atoms with Gasteiger partial charge in [0.1, 0.15) is 0 Å². The van der Waals surface area contributed by atoms with Crippen LogP contribution in [0, 0.1) is 0 Å². The minimum Gasteiger partial charge on any atom is -0.372 e. The lowest BCUT2D eigenvalue weighted by atomic mass is 9.86. The van der Waals surface area contributed by atoms with Crippen molar-refractivity contribution in [2.24, 2.45) is 0 Å². The lowest BCUT2D eigenvalue weighted by Crippen LogP contribution is -2.48. The van der Waals surface area contributed by atoms with Crippen LogP contribution in [0.1, 0.15) is 43.9 Å². The van der Waals surface area contributed by atoms with Crippen molar-refractivity contribution in [3.8, 4) is 0 Å². The third-order valence-corrected chi connectivity index (χ3v) is 4.39. The van der Waals surface area contributed by atoms with Crippen molar-refractivity contribution in [1.29, 1.82) is 0 Å². The van der Waals surface area contributed by atoms with Gasteiger partial charge in [-0.15, -0.1) is 0 Å². The van der Waals surface area contributed by atoms with Gasteiger partial charge in [-0.05, 0) is 56.5 Å². The van der Waals surface area contributed by atoms with Crippen LogP contribution in [0.3, 0.4) is 0 Å². The number of halogens is 1. The summed E-state index contributed by atoms with van der Waals surface area (Å²) in [6.45, 7) is 6.42. The van der Waals surface area contributed by atoms with Crippen LogP contribution in [0.25, 0.3) is 0 Å². The van der Waals surface area contributed by atoms with Crippen LogP contribution in [0.5, 0.6) is 0 Å². The van der Waals surface area contributed by atoms with Crippen LogP contribution in [-0.2, 0) is 11.3 Å². The number of hydrogen-bond donors (Lipinski definition) is 0. The van der Waals surface area contributed by atoms with Crippen molar-refractivity contribution in [3.05, 3.63) is 34.3 Å². The van der Waals surface area contributed by atoms with Crippen molar-refractivity contribution >= 4 is 11.6 Å².